The minimum Gasteiger partial charge on any atom is -0.445 e. The van der Waals surface area contributed by atoms with Crippen LogP contribution in [0.1, 0.15) is 26.2 Å². The number of carbonyl (C=O) groups excluding carboxylic acids is 1. The second-order valence-corrected chi connectivity index (χ2v) is 2.79. The molecule has 1 aliphatic rings. The van der Waals surface area contributed by atoms with E-state index in [0.29, 0.717) is 13.0 Å². The monoisotopic (exact) mass is 172 g/mol. The van der Waals surface area contributed by atoms with Gasteiger partial charge < -0.3 is 4.74 Å². The SMILES string of the molecule is CCCN(N=O)C(=O)OC1CC1. The fourth-order valence-corrected chi connectivity index (χ4v) is 0.767. The Kier molecular flexibility index (Phi) is 3.01. The summed E-state index contributed by atoms with van der Waals surface area (Å²) in [6.45, 7) is 2.19. The molecule has 5 heteroatoms. The molecule has 0 saturated heterocycles. The first kappa shape index (κ1) is 8.96. The van der Waals surface area contributed by atoms with Gasteiger partial charge in [-0.1, -0.05) is 6.92 Å². The van der Waals surface area contributed by atoms with Crippen molar-refractivity contribution in [2.24, 2.45) is 5.29 Å². The third-order valence-corrected chi connectivity index (χ3v) is 1.54. The Hall–Kier alpha value is -1.13. The molecule has 12 heavy (non-hydrogen) atoms. The third kappa shape index (κ3) is 2.48. The second kappa shape index (κ2) is 4.04. The molecule has 0 radical (unpaired) electrons. The molecule has 0 spiro atoms. The van der Waals surface area contributed by atoms with Crippen molar-refractivity contribution in [1.29, 1.82) is 0 Å². The van der Waals surface area contributed by atoms with Gasteiger partial charge in [0, 0.05) is 0 Å². The zero-order chi connectivity index (χ0) is 8.97. The molecule has 68 valence electrons. The van der Waals surface area contributed by atoms with E-state index in [1.54, 1.807) is 0 Å². The van der Waals surface area contributed by atoms with Gasteiger partial charge in [0.15, 0.2) is 0 Å². The van der Waals surface area contributed by atoms with E-state index in [1.165, 1.54) is 0 Å². The second-order valence-electron chi connectivity index (χ2n) is 2.79. The zero-order valence-electron chi connectivity index (χ0n) is 7.02. The molecule has 0 aromatic carbocycles. The number of rotatable bonds is 4. The van der Waals surface area contributed by atoms with E-state index < -0.39 is 6.09 Å². The average molecular weight is 172 g/mol. The Labute approximate surface area is 70.6 Å². The van der Waals surface area contributed by atoms with Crippen LogP contribution in [0.3, 0.4) is 0 Å². The lowest BCUT2D eigenvalue weighted by Crippen LogP contribution is -2.27. The highest BCUT2D eigenvalue weighted by atomic mass is 16.6. The molecular formula is C7H12N2O3. The summed E-state index contributed by atoms with van der Waals surface area (Å²) < 4.78 is 4.86. The molecule has 0 aromatic rings. The molecule has 1 saturated carbocycles. The standard InChI is InChI=1S/C7H12N2O3/c1-2-5-9(8-11)7(10)12-6-3-4-6/h6H,2-5H2,1H3. The number of amides is 1. The highest BCUT2D eigenvalue weighted by molar-refractivity contribution is 5.67. The average Bonchev–Trinajstić information content (AvgIpc) is 2.83. The Morgan fingerprint density at radius 1 is 1.67 bits per heavy atom. The van der Waals surface area contributed by atoms with Gasteiger partial charge in [-0.3, -0.25) is 0 Å². The molecule has 0 bridgehead atoms. The van der Waals surface area contributed by atoms with Crippen LogP contribution in [0.4, 0.5) is 4.79 Å². The van der Waals surface area contributed by atoms with E-state index in [9.17, 15) is 9.70 Å². The summed E-state index contributed by atoms with van der Waals surface area (Å²) in [5.74, 6) is 0. The Morgan fingerprint density at radius 3 is 2.75 bits per heavy atom. The predicted octanol–water partition coefficient (Wildman–Crippen LogP) is 1.68. The van der Waals surface area contributed by atoms with Gasteiger partial charge in [0.25, 0.3) is 0 Å². The quantitative estimate of drug-likeness (QED) is 0.478. The number of nitrogens with zero attached hydrogens (tertiary/aromatic N) is 2. The summed E-state index contributed by atoms with van der Waals surface area (Å²) in [6, 6.07) is 0. The van der Waals surface area contributed by atoms with Crippen molar-refractivity contribution < 1.29 is 9.53 Å². The van der Waals surface area contributed by atoms with Crippen LogP contribution in [-0.2, 0) is 4.74 Å². The van der Waals surface area contributed by atoms with Crippen LogP contribution in [0.5, 0.6) is 0 Å². The van der Waals surface area contributed by atoms with E-state index in [1.807, 2.05) is 6.92 Å². The molecule has 0 heterocycles. The highest BCUT2D eigenvalue weighted by Gasteiger charge is 2.28. The maximum absolute atomic E-state index is 11.0. The first-order valence-corrected chi connectivity index (χ1v) is 4.09. The molecule has 5 nitrogen and oxygen atoms in total. The molecule has 1 rings (SSSR count). The molecule has 0 atom stereocenters. The number of carbonyl (C=O) groups is 1. The van der Waals surface area contributed by atoms with Crippen LogP contribution in [0, 0.1) is 4.91 Å². The van der Waals surface area contributed by atoms with Crippen molar-refractivity contribution >= 4 is 6.09 Å². The summed E-state index contributed by atoms with van der Waals surface area (Å²) in [4.78, 5) is 21.1. The van der Waals surface area contributed by atoms with E-state index in [2.05, 4.69) is 5.29 Å². The van der Waals surface area contributed by atoms with Gasteiger partial charge in [-0.05, 0) is 19.3 Å². The van der Waals surface area contributed by atoms with Crippen molar-refractivity contribution in [3.8, 4) is 0 Å². The Bertz CT molecular complexity index is 179. The van der Waals surface area contributed by atoms with Crippen molar-refractivity contribution in [3.05, 3.63) is 4.91 Å². The summed E-state index contributed by atoms with van der Waals surface area (Å²) in [5.41, 5.74) is 0. The van der Waals surface area contributed by atoms with Gasteiger partial charge in [-0.15, -0.1) is 4.91 Å². The van der Waals surface area contributed by atoms with Gasteiger partial charge in [-0.25, -0.2) is 4.79 Å². The van der Waals surface area contributed by atoms with Crippen molar-refractivity contribution in [2.45, 2.75) is 32.3 Å². The normalized spacial score (nSPS) is 15.4. The Morgan fingerprint density at radius 2 is 2.33 bits per heavy atom. The predicted molar refractivity (Wildman–Crippen MR) is 42.3 cm³/mol. The van der Waals surface area contributed by atoms with Gasteiger partial charge in [0.2, 0.25) is 0 Å². The minimum atomic E-state index is -0.616. The molecular weight excluding hydrogens is 160 g/mol. The topological polar surface area (TPSA) is 59.0 Å². The van der Waals surface area contributed by atoms with Gasteiger partial charge in [0.05, 0.1) is 11.8 Å². The number of hydrogen-bond acceptors (Lipinski definition) is 4. The van der Waals surface area contributed by atoms with Crippen molar-refractivity contribution in [1.82, 2.24) is 5.01 Å². The maximum atomic E-state index is 11.0. The lowest BCUT2D eigenvalue weighted by atomic mass is 10.5. The fourth-order valence-electron chi connectivity index (χ4n) is 0.767. The summed E-state index contributed by atoms with van der Waals surface area (Å²) in [7, 11) is 0. The lowest BCUT2D eigenvalue weighted by molar-refractivity contribution is 0.0963. The van der Waals surface area contributed by atoms with Crippen molar-refractivity contribution in [2.75, 3.05) is 6.54 Å². The summed E-state index contributed by atoms with van der Waals surface area (Å²) in [6.07, 6.45) is 1.92. The molecule has 1 amide bonds. The summed E-state index contributed by atoms with van der Waals surface area (Å²) in [5, 5.41) is 3.39. The Balaban J connectivity index is 2.29. The van der Waals surface area contributed by atoms with Crippen LogP contribution >= 0.6 is 0 Å². The van der Waals surface area contributed by atoms with E-state index in [4.69, 9.17) is 4.74 Å². The molecule has 0 aromatic heterocycles. The highest BCUT2D eigenvalue weighted by Crippen LogP contribution is 2.24. The third-order valence-electron chi connectivity index (χ3n) is 1.54. The fraction of sp³-hybridized carbons (Fsp3) is 0.857. The van der Waals surface area contributed by atoms with Gasteiger partial charge in [-0.2, -0.15) is 5.01 Å². The summed E-state index contributed by atoms with van der Waals surface area (Å²) >= 11 is 0. The molecule has 0 unspecified atom stereocenters. The number of hydrogen-bond donors (Lipinski definition) is 0. The maximum Gasteiger partial charge on any atom is 0.433 e. The van der Waals surface area contributed by atoms with Crippen molar-refractivity contribution in [3.63, 3.8) is 0 Å². The number of ether oxygens (including phenoxy) is 1. The molecule has 1 aliphatic carbocycles. The molecule has 0 aliphatic heterocycles. The first-order valence-electron chi connectivity index (χ1n) is 4.09. The van der Waals surface area contributed by atoms with Crippen LogP contribution in [0.15, 0.2) is 5.29 Å². The largest absolute Gasteiger partial charge is 0.445 e. The van der Waals surface area contributed by atoms with Crippen LogP contribution in [0.2, 0.25) is 0 Å². The molecule has 0 N–H and O–H groups in total. The number of nitroso groups, excluding NO2 is 1. The zero-order valence-corrected chi connectivity index (χ0v) is 7.02. The van der Waals surface area contributed by atoms with Gasteiger partial charge in [0.1, 0.15) is 6.10 Å². The first-order chi connectivity index (χ1) is 5.77. The van der Waals surface area contributed by atoms with E-state index in [-0.39, 0.29) is 6.10 Å². The molecule has 1 fully saturated rings. The minimum absolute atomic E-state index is 0.0265. The smallest absolute Gasteiger partial charge is 0.433 e. The van der Waals surface area contributed by atoms with Crippen LogP contribution in [-0.4, -0.2) is 23.8 Å². The van der Waals surface area contributed by atoms with E-state index in [0.717, 1.165) is 17.9 Å². The van der Waals surface area contributed by atoms with Gasteiger partial charge >= 0.3 is 6.09 Å². The van der Waals surface area contributed by atoms with Crippen LogP contribution < -0.4 is 0 Å². The van der Waals surface area contributed by atoms with Crippen LogP contribution in [0.25, 0.3) is 0 Å². The lowest BCUT2D eigenvalue weighted by Gasteiger charge is -2.11. The van der Waals surface area contributed by atoms with E-state index >= 15 is 0 Å².